The zero-order valence-electron chi connectivity index (χ0n) is 16.5. The average Bonchev–Trinajstić information content (AvgIpc) is 3.37. The number of anilines is 2. The minimum atomic E-state index is -0.607. The van der Waals surface area contributed by atoms with Crippen molar-refractivity contribution >= 4 is 35.2 Å². The summed E-state index contributed by atoms with van der Waals surface area (Å²) in [5.74, 6) is -0.381. The second-order valence-corrected chi connectivity index (χ2v) is 7.59. The number of hydrogen-bond donors (Lipinski definition) is 3. The van der Waals surface area contributed by atoms with E-state index in [0.717, 1.165) is 18.4 Å². The minimum Gasteiger partial charge on any atom is -0.367 e. The lowest BCUT2D eigenvalue weighted by molar-refractivity contribution is -0.118. The van der Waals surface area contributed by atoms with Crippen LogP contribution >= 0.6 is 0 Å². The fourth-order valence-electron chi connectivity index (χ4n) is 3.41. The van der Waals surface area contributed by atoms with E-state index >= 15 is 0 Å². The van der Waals surface area contributed by atoms with E-state index in [1.807, 2.05) is 0 Å². The van der Waals surface area contributed by atoms with Crippen LogP contribution in [0, 0.1) is 5.82 Å². The molecule has 9 heteroatoms. The molecule has 2 fully saturated rings. The molecule has 2 aliphatic rings. The SMILES string of the molecule is C=C1NC(=O)C/C1=C\c1cnn2c(NC3CC3)cc(NC(=O)c3ccccc3F)nc12. The number of hydrogen-bond acceptors (Lipinski definition) is 5. The molecule has 31 heavy (non-hydrogen) atoms. The van der Waals surface area contributed by atoms with Crippen LogP contribution in [0.1, 0.15) is 35.2 Å². The number of amides is 2. The first-order chi connectivity index (χ1) is 15.0. The van der Waals surface area contributed by atoms with Crippen LogP contribution in [0.25, 0.3) is 11.7 Å². The average molecular weight is 418 g/mol. The van der Waals surface area contributed by atoms with Crippen molar-refractivity contribution < 1.29 is 14.0 Å². The zero-order chi connectivity index (χ0) is 21.5. The van der Waals surface area contributed by atoms with Crippen molar-refractivity contribution in [1.29, 1.82) is 0 Å². The molecule has 0 atom stereocenters. The first kappa shape index (κ1) is 19.0. The molecule has 0 bridgehead atoms. The third-order valence-electron chi connectivity index (χ3n) is 5.15. The maximum Gasteiger partial charge on any atom is 0.259 e. The van der Waals surface area contributed by atoms with Gasteiger partial charge in [0, 0.05) is 23.4 Å². The van der Waals surface area contributed by atoms with Crippen molar-refractivity contribution in [3.63, 3.8) is 0 Å². The van der Waals surface area contributed by atoms with Crippen molar-refractivity contribution in [2.24, 2.45) is 0 Å². The molecule has 0 unspecified atom stereocenters. The van der Waals surface area contributed by atoms with E-state index in [9.17, 15) is 14.0 Å². The van der Waals surface area contributed by atoms with Crippen molar-refractivity contribution in [1.82, 2.24) is 19.9 Å². The molecule has 1 aliphatic carbocycles. The molecule has 3 N–H and O–H groups in total. The Morgan fingerprint density at radius 2 is 2.13 bits per heavy atom. The number of carbonyl (C=O) groups is 2. The summed E-state index contributed by atoms with van der Waals surface area (Å²) in [6, 6.07) is 7.78. The number of nitrogens with one attached hydrogen (secondary N) is 3. The summed E-state index contributed by atoms with van der Waals surface area (Å²) in [6.07, 6.45) is 5.77. The maximum atomic E-state index is 14.0. The lowest BCUT2D eigenvalue weighted by Gasteiger charge is -2.11. The van der Waals surface area contributed by atoms with Gasteiger partial charge in [0.05, 0.1) is 18.2 Å². The van der Waals surface area contributed by atoms with Gasteiger partial charge in [0.15, 0.2) is 5.65 Å². The highest BCUT2D eigenvalue weighted by molar-refractivity contribution is 6.04. The number of carbonyl (C=O) groups excluding carboxylic acids is 2. The summed E-state index contributed by atoms with van der Waals surface area (Å²) in [4.78, 5) is 28.8. The lowest BCUT2D eigenvalue weighted by atomic mass is 10.1. The van der Waals surface area contributed by atoms with Gasteiger partial charge < -0.3 is 16.0 Å². The Labute approximate surface area is 176 Å². The molecule has 1 aliphatic heterocycles. The first-order valence-electron chi connectivity index (χ1n) is 9.89. The van der Waals surface area contributed by atoms with Crippen molar-refractivity contribution in [3.05, 3.63) is 71.3 Å². The zero-order valence-corrected chi connectivity index (χ0v) is 16.5. The van der Waals surface area contributed by atoms with Crippen molar-refractivity contribution in [3.8, 4) is 0 Å². The molecule has 2 amide bonds. The number of benzene rings is 1. The van der Waals surface area contributed by atoms with Gasteiger partial charge in [0.2, 0.25) is 5.91 Å². The molecule has 2 aromatic heterocycles. The van der Waals surface area contributed by atoms with Gasteiger partial charge in [0.1, 0.15) is 17.5 Å². The Morgan fingerprint density at radius 1 is 1.32 bits per heavy atom. The van der Waals surface area contributed by atoms with Gasteiger partial charge in [-0.25, -0.2) is 9.37 Å². The highest BCUT2D eigenvalue weighted by Crippen LogP contribution is 2.29. The second kappa shape index (κ2) is 7.35. The van der Waals surface area contributed by atoms with Gasteiger partial charge in [0.25, 0.3) is 5.91 Å². The molecule has 1 saturated heterocycles. The Morgan fingerprint density at radius 3 is 2.84 bits per heavy atom. The van der Waals surface area contributed by atoms with Crippen LogP contribution in [0.15, 0.2) is 54.4 Å². The van der Waals surface area contributed by atoms with E-state index in [-0.39, 0.29) is 23.7 Å². The third-order valence-corrected chi connectivity index (χ3v) is 5.15. The van der Waals surface area contributed by atoms with Gasteiger partial charge in [-0.15, -0.1) is 0 Å². The van der Waals surface area contributed by atoms with Crippen LogP contribution in [0.5, 0.6) is 0 Å². The van der Waals surface area contributed by atoms with Crippen molar-refractivity contribution in [2.75, 3.05) is 10.6 Å². The number of rotatable bonds is 5. The second-order valence-electron chi connectivity index (χ2n) is 7.59. The number of nitrogens with zero attached hydrogens (tertiary/aromatic N) is 3. The van der Waals surface area contributed by atoms with E-state index in [1.165, 1.54) is 18.2 Å². The van der Waals surface area contributed by atoms with Crippen LogP contribution < -0.4 is 16.0 Å². The molecule has 8 nitrogen and oxygen atoms in total. The quantitative estimate of drug-likeness (QED) is 0.591. The monoisotopic (exact) mass is 418 g/mol. The largest absolute Gasteiger partial charge is 0.367 e. The van der Waals surface area contributed by atoms with Gasteiger partial charge in [-0.2, -0.15) is 9.61 Å². The summed E-state index contributed by atoms with van der Waals surface area (Å²) in [6.45, 7) is 3.86. The van der Waals surface area contributed by atoms with E-state index in [0.29, 0.717) is 28.8 Å². The molecular formula is C22H19FN6O2. The van der Waals surface area contributed by atoms with Gasteiger partial charge in [-0.05, 0) is 36.6 Å². The standard InChI is InChI=1S/C22H19FN6O2/c1-12-13(9-20(30)25-12)8-14-11-24-29-19(26-15-6-7-15)10-18(27-21(14)29)28-22(31)16-4-2-3-5-17(16)23/h2-5,8,10-11,15,26H,1,6-7,9H2,(H,25,30)(H,27,28,31)/b13-8+. The summed E-state index contributed by atoms with van der Waals surface area (Å²) in [7, 11) is 0. The summed E-state index contributed by atoms with van der Waals surface area (Å²) in [5, 5.41) is 13.2. The van der Waals surface area contributed by atoms with E-state index in [1.54, 1.807) is 28.9 Å². The Balaban J connectivity index is 1.54. The lowest BCUT2D eigenvalue weighted by Crippen LogP contribution is -2.16. The van der Waals surface area contributed by atoms with E-state index < -0.39 is 11.7 Å². The number of fused-ring (bicyclic) bond motifs is 1. The maximum absolute atomic E-state index is 14.0. The van der Waals surface area contributed by atoms with Crippen LogP contribution in [0.4, 0.5) is 16.0 Å². The summed E-state index contributed by atoms with van der Waals surface area (Å²) < 4.78 is 15.7. The molecule has 0 spiro atoms. The Kier molecular flexibility index (Phi) is 4.50. The Bertz CT molecular complexity index is 1270. The molecule has 3 heterocycles. The minimum absolute atomic E-state index is 0.0661. The van der Waals surface area contributed by atoms with Gasteiger partial charge in [-0.3, -0.25) is 9.59 Å². The number of allylic oxidation sites excluding steroid dienone is 1. The fourth-order valence-corrected chi connectivity index (χ4v) is 3.41. The predicted octanol–water partition coefficient (Wildman–Crippen LogP) is 3.11. The third kappa shape index (κ3) is 3.77. The van der Waals surface area contributed by atoms with Crippen molar-refractivity contribution in [2.45, 2.75) is 25.3 Å². The smallest absolute Gasteiger partial charge is 0.259 e. The molecule has 5 rings (SSSR count). The predicted molar refractivity (Wildman–Crippen MR) is 114 cm³/mol. The summed E-state index contributed by atoms with van der Waals surface area (Å²) >= 11 is 0. The molecule has 1 aromatic carbocycles. The highest BCUT2D eigenvalue weighted by Gasteiger charge is 2.24. The van der Waals surface area contributed by atoms with Crippen LogP contribution in [0.2, 0.25) is 0 Å². The van der Waals surface area contributed by atoms with Crippen LogP contribution in [-0.2, 0) is 4.79 Å². The number of aromatic nitrogens is 3. The molecule has 3 aromatic rings. The number of halogens is 1. The molecular weight excluding hydrogens is 399 g/mol. The normalized spacial score (nSPS) is 17.3. The summed E-state index contributed by atoms with van der Waals surface area (Å²) in [5.41, 5.74) is 2.40. The topological polar surface area (TPSA) is 100 Å². The highest BCUT2D eigenvalue weighted by atomic mass is 19.1. The molecule has 156 valence electrons. The van der Waals surface area contributed by atoms with E-state index in [2.05, 4.69) is 32.6 Å². The van der Waals surface area contributed by atoms with Crippen LogP contribution in [0.3, 0.4) is 0 Å². The molecule has 0 radical (unpaired) electrons. The van der Waals surface area contributed by atoms with Gasteiger partial charge >= 0.3 is 0 Å². The first-order valence-corrected chi connectivity index (χ1v) is 9.89. The van der Waals surface area contributed by atoms with E-state index in [4.69, 9.17) is 0 Å². The molecule has 1 saturated carbocycles. The van der Waals surface area contributed by atoms with Crippen LogP contribution in [-0.4, -0.2) is 32.5 Å². The van der Waals surface area contributed by atoms with Gasteiger partial charge in [-0.1, -0.05) is 18.7 Å². The Hall–Kier alpha value is -4.01. The fraction of sp³-hybridized carbons (Fsp3) is 0.182.